The van der Waals surface area contributed by atoms with E-state index in [0.717, 1.165) is 43.1 Å². The molecule has 28 heavy (non-hydrogen) atoms. The summed E-state index contributed by atoms with van der Waals surface area (Å²) in [4.78, 5) is 0. The second-order valence-electron chi connectivity index (χ2n) is 8.62. The Morgan fingerprint density at radius 1 is 1.07 bits per heavy atom. The van der Waals surface area contributed by atoms with Gasteiger partial charge in [0.15, 0.2) is 0 Å². The molecule has 1 nitrogen and oxygen atoms in total. The van der Waals surface area contributed by atoms with Crippen LogP contribution in [0.3, 0.4) is 0 Å². The van der Waals surface area contributed by atoms with E-state index < -0.39 is 5.82 Å². The maximum absolute atomic E-state index is 13.8. The van der Waals surface area contributed by atoms with E-state index in [4.69, 9.17) is 5.26 Å². The minimum absolute atomic E-state index is 0.133. The molecule has 1 aromatic carbocycles. The summed E-state index contributed by atoms with van der Waals surface area (Å²) < 4.78 is 13.8. The smallest absolute Gasteiger partial charge is 0.141 e. The van der Waals surface area contributed by atoms with Gasteiger partial charge in [0.1, 0.15) is 11.9 Å². The first-order valence-electron chi connectivity index (χ1n) is 11.1. The standard InChI is InChI=1S/C26H32FN/c1-2-5-20-8-10-21(11-9-20)6-3-4-7-22-12-14-23(15-13-22)24-16-17-25(19-28)26(27)18-24/h3,6,16-18,20-23H,2,5,8-15H2,1H3. The van der Waals surface area contributed by atoms with Crippen LogP contribution in [0.15, 0.2) is 30.4 Å². The van der Waals surface area contributed by atoms with Gasteiger partial charge in [-0.15, -0.1) is 0 Å². The van der Waals surface area contributed by atoms with Crippen LogP contribution in [0.4, 0.5) is 4.39 Å². The fraction of sp³-hybridized carbons (Fsp3) is 0.577. The Labute approximate surface area is 170 Å². The van der Waals surface area contributed by atoms with Crippen molar-refractivity contribution in [2.24, 2.45) is 17.8 Å². The lowest BCUT2D eigenvalue weighted by Crippen LogP contribution is -2.13. The number of hydrogen-bond donors (Lipinski definition) is 0. The highest BCUT2D eigenvalue weighted by Crippen LogP contribution is 2.36. The first-order chi connectivity index (χ1) is 13.7. The number of allylic oxidation sites excluding steroid dienone is 2. The quantitative estimate of drug-likeness (QED) is 0.512. The van der Waals surface area contributed by atoms with Crippen LogP contribution >= 0.6 is 0 Å². The third-order valence-corrected chi connectivity index (χ3v) is 6.64. The lowest BCUT2D eigenvalue weighted by atomic mass is 9.78. The molecule has 0 atom stereocenters. The van der Waals surface area contributed by atoms with Gasteiger partial charge in [-0.05, 0) is 92.9 Å². The van der Waals surface area contributed by atoms with Gasteiger partial charge in [-0.1, -0.05) is 43.7 Å². The zero-order valence-corrected chi connectivity index (χ0v) is 17.1. The number of hydrogen-bond acceptors (Lipinski definition) is 1. The Morgan fingerprint density at radius 3 is 2.46 bits per heavy atom. The summed E-state index contributed by atoms with van der Waals surface area (Å²) in [6, 6.07) is 6.96. The van der Waals surface area contributed by atoms with E-state index >= 15 is 0 Å². The zero-order chi connectivity index (χ0) is 19.8. The molecule has 0 unspecified atom stereocenters. The molecule has 0 amide bonds. The number of halogens is 1. The van der Waals surface area contributed by atoms with Crippen LogP contribution in [-0.4, -0.2) is 0 Å². The number of rotatable bonds is 4. The number of benzene rings is 1. The molecule has 1 aromatic rings. The predicted octanol–water partition coefficient (Wildman–Crippen LogP) is 7.14. The van der Waals surface area contributed by atoms with Gasteiger partial charge >= 0.3 is 0 Å². The first kappa shape index (κ1) is 20.7. The minimum atomic E-state index is -0.393. The van der Waals surface area contributed by atoms with Gasteiger partial charge in [0.25, 0.3) is 0 Å². The second-order valence-corrected chi connectivity index (χ2v) is 8.62. The lowest BCUT2D eigenvalue weighted by Gasteiger charge is -2.26. The highest BCUT2D eigenvalue weighted by molar-refractivity contribution is 5.35. The van der Waals surface area contributed by atoms with Crippen LogP contribution in [0.1, 0.15) is 88.2 Å². The van der Waals surface area contributed by atoms with Crippen molar-refractivity contribution in [3.05, 3.63) is 47.3 Å². The van der Waals surface area contributed by atoms with E-state index in [1.54, 1.807) is 12.1 Å². The first-order valence-corrected chi connectivity index (χ1v) is 11.1. The Balaban J connectivity index is 1.43. The molecule has 0 aromatic heterocycles. The van der Waals surface area contributed by atoms with Crippen LogP contribution in [0.2, 0.25) is 0 Å². The van der Waals surface area contributed by atoms with Crippen LogP contribution in [0.5, 0.6) is 0 Å². The van der Waals surface area contributed by atoms with Gasteiger partial charge in [-0.2, -0.15) is 5.26 Å². The highest BCUT2D eigenvalue weighted by atomic mass is 19.1. The van der Waals surface area contributed by atoms with Crippen molar-refractivity contribution < 1.29 is 4.39 Å². The fourth-order valence-electron chi connectivity index (χ4n) is 4.87. The van der Waals surface area contributed by atoms with E-state index in [0.29, 0.717) is 11.8 Å². The molecule has 0 spiro atoms. The summed E-state index contributed by atoms with van der Waals surface area (Å²) >= 11 is 0. The molecule has 0 bridgehead atoms. The SMILES string of the molecule is CCCC1CCC(C=CC#CC2CCC(c3ccc(C#N)c(F)c3)CC2)CC1. The maximum atomic E-state index is 13.8. The molecule has 148 valence electrons. The van der Waals surface area contributed by atoms with Crippen LogP contribution < -0.4 is 0 Å². The highest BCUT2D eigenvalue weighted by Gasteiger charge is 2.22. The summed E-state index contributed by atoms with van der Waals surface area (Å²) in [6.45, 7) is 2.29. The topological polar surface area (TPSA) is 23.8 Å². The third kappa shape index (κ3) is 5.72. The maximum Gasteiger partial charge on any atom is 0.141 e. The summed E-state index contributed by atoms with van der Waals surface area (Å²) in [5.41, 5.74) is 1.16. The van der Waals surface area contributed by atoms with Gasteiger partial charge in [0.05, 0.1) is 5.56 Å². The molecular formula is C26H32FN. The van der Waals surface area contributed by atoms with Gasteiger partial charge in [0, 0.05) is 5.92 Å². The van der Waals surface area contributed by atoms with Crippen LogP contribution in [-0.2, 0) is 0 Å². The Kier molecular flexibility index (Phi) is 7.73. The van der Waals surface area contributed by atoms with E-state index in [1.165, 1.54) is 38.5 Å². The van der Waals surface area contributed by atoms with Crippen molar-refractivity contribution >= 4 is 0 Å². The molecule has 0 heterocycles. The average molecular weight is 378 g/mol. The van der Waals surface area contributed by atoms with E-state index in [1.807, 2.05) is 12.1 Å². The Morgan fingerprint density at radius 2 is 1.82 bits per heavy atom. The van der Waals surface area contributed by atoms with Crippen molar-refractivity contribution in [3.8, 4) is 17.9 Å². The van der Waals surface area contributed by atoms with Gasteiger partial charge in [-0.3, -0.25) is 0 Å². The van der Waals surface area contributed by atoms with Gasteiger partial charge in [0.2, 0.25) is 0 Å². The molecule has 2 heteroatoms. The lowest BCUT2D eigenvalue weighted by molar-refractivity contribution is 0.294. The largest absolute Gasteiger partial charge is 0.206 e. The summed E-state index contributed by atoms with van der Waals surface area (Å²) in [5.74, 6) is 8.88. The zero-order valence-electron chi connectivity index (χ0n) is 17.1. The average Bonchev–Trinajstić information content (AvgIpc) is 2.73. The second kappa shape index (κ2) is 10.5. The van der Waals surface area contributed by atoms with Gasteiger partial charge < -0.3 is 0 Å². The van der Waals surface area contributed by atoms with Crippen molar-refractivity contribution in [2.45, 2.75) is 77.0 Å². The molecule has 2 saturated carbocycles. The third-order valence-electron chi connectivity index (χ3n) is 6.64. The Hall–Kier alpha value is -2.06. The predicted molar refractivity (Wildman–Crippen MR) is 113 cm³/mol. The molecule has 2 aliphatic rings. The Bertz CT molecular complexity index is 760. The summed E-state index contributed by atoms with van der Waals surface area (Å²) in [7, 11) is 0. The van der Waals surface area contributed by atoms with E-state index in [2.05, 4.69) is 30.9 Å². The van der Waals surface area contributed by atoms with Crippen LogP contribution in [0.25, 0.3) is 0 Å². The molecule has 3 rings (SSSR count). The molecular weight excluding hydrogens is 345 g/mol. The normalized spacial score (nSPS) is 27.8. The fourth-order valence-corrected chi connectivity index (χ4v) is 4.87. The van der Waals surface area contributed by atoms with E-state index in [-0.39, 0.29) is 5.56 Å². The van der Waals surface area contributed by atoms with Crippen LogP contribution in [0, 0.1) is 46.7 Å². The monoisotopic (exact) mass is 377 g/mol. The molecule has 0 saturated heterocycles. The summed E-state index contributed by atoms with van der Waals surface area (Å²) in [5, 5.41) is 8.86. The van der Waals surface area contributed by atoms with E-state index in [9.17, 15) is 4.39 Å². The molecule has 0 radical (unpaired) electrons. The number of nitriles is 1. The molecule has 0 aliphatic heterocycles. The van der Waals surface area contributed by atoms with Crippen molar-refractivity contribution in [2.75, 3.05) is 0 Å². The van der Waals surface area contributed by atoms with Crippen molar-refractivity contribution in [1.82, 2.24) is 0 Å². The number of nitrogens with zero attached hydrogens (tertiary/aromatic N) is 1. The van der Waals surface area contributed by atoms with Crippen molar-refractivity contribution in [1.29, 1.82) is 5.26 Å². The molecule has 2 aliphatic carbocycles. The molecule has 2 fully saturated rings. The van der Waals surface area contributed by atoms with Gasteiger partial charge in [-0.25, -0.2) is 4.39 Å². The van der Waals surface area contributed by atoms with Crippen molar-refractivity contribution in [3.63, 3.8) is 0 Å². The molecule has 0 N–H and O–H groups in total. The minimum Gasteiger partial charge on any atom is -0.206 e. The summed E-state index contributed by atoms with van der Waals surface area (Å²) in [6.07, 6.45) is 16.8.